The first-order valence-corrected chi connectivity index (χ1v) is 8.19. The highest BCUT2D eigenvalue weighted by molar-refractivity contribution is 5.89. The second kappa shape index (κ2) is 6.24. The zero-order chi connectivity index (χ0) is 18.4. The lowest BCUT2D eigenvalue weighted by molar-refractivity contribution is -0.321. The van der Waals surface area contributed by atoms with Gasteiger partial charge in [-0.25, -0.2) is 0 Å². The Labute approximate surface area is 141 Å². The van der Waals surface area contributed by atoms with E-state index >= 15 is 0 Å². The Morgan fingerprint density at radius 1 is 1.40 bits per heavy atom. The second-order valence-electron chi connectivity index (χ2n) is 7.02. The van der Waals surface area contributed by atoms with Crippen molar-refractivity contribution in [1.82, 2.24) is 10.6 Å². The first kappa shape index (κ1) is 18.1. The van der Waals surface area contributed by atoms with Crippen LogP contribution in [0.2, 0.25) is 0 Å². The van der Waals surface area contributed by atoms with Crippen LogP contribution in [0.15, 0.2) is 0 Å². The highest BCUT2D eigenvalue weighted by Gasteiger charge is 2.69. The lowest BCUT2D eigenvalue weighted by Crippen LogP contribution is -2.49. The van der Waals surface area contributed by atoms with Crippen LogP contribution < -0.4 is 16.4 Å². The van der Waals surface area contributed by atoms with Gasteiger partial charge in [-0.1, -0.05) is 0 Å². The summed E-state index contributed by atoms with van der Waals surface area (Å²) in [4.78, 5) is 36.1. The molecule has 4 N–H and O–H groups in total. The van der Waals surface area contributed by atoms with Crippen LogP contribution in [0.3, 0.4) is 0 Å². The number of nitrogens with two attached hydrogens (primary N) is 1. The van der Waals surface area contributed by atoms with Gasteiger partial charge in [0, 0.05) is 23.8 Å². The molecule has 0 aromatic carbocycles. The maximum Gasteiger partial charge on any atom is 0.522 e. The van der Waals surface area contributed by atoms with Crippen molar-refractivity contribution >= 4 is 17.6 Å². The Bertz CT molecular complexity index is 597. The highest BCUT2D eigenvalue weighted by atomic mass is 19.4. The van der Waals surface area contributed by atoms with Gasteiger partial charge in [-0.3, -0.25) is 19.1 Å². The Kier molecular flexibility index (Phi) is 4.52. The van der Waals surface area contributed by atoms with Crippen LogP contribution in [0.4, 0.5) is 13.2 Å². The molecule has 0 bridgehead atoms. The molecule has 3 fully saturated rings. The van der Waals surface area contributed by atoms with E-state index in [4.69, 9.17) is 5.73 Å². The molecule has 1 saturated carbocycles. The summed E-state index contributed by atoms with van der Waals surface area (Å²) >= 11 is 0. The molecule has 25 heavy (non-hydrogen) atoms. The number of carbonyl (C=O) groups is 3. The van der Waals surface area contributed by atoms with Crippen LogP contribution in [0.25, 0.3) is 0 Å². The fourth-order valence-electron chi connectivity index (χ4n) is 4.49. The van der Waals surface area contributed by atoms with Gasteiger partial charge in [0.2, 0.25) is 11.8 Å². The third kappa shape index (κ3) is 3.37. The van der Waals surface area contributed by atoms with Crippen molar-refractivity contribution in [2.24, 2.45) is 28.9 Å². The minimum absolute atomic E-state index is 0.00528. The van der Waals surface area contributed by atoms with Crippen LogP contribution in [0, 0.1) is 23.2 Å². The Balaban J connectivity index is 1.81. The second-order valence-corrected chi connectivity index (χ2v) is 7.02. The predicted octanol–water partition coefficient (Wildman–Crippen LogP) is -0.302. The standard InChI is InChI=1S/C15H20F3N3O4/c16-15(17,18)25-6-10(22)9(3-7-1-2-20-13(7)24)14-4-8(14)5-21-11(14)12(19)23/h7-9,11,21H,1-6H2,(H2,19,23)(H,20,24)/t7-,8?,9+,11?,14?/m1/s1. The summed E-state index contributed by atoms with van der Waals surface area (Å²) in [7, 11) is 0. The molecule has 3 rings (SSSR count). The molecule has 0 radical (unpaired) electrons. The van der Waals surface area contributed by atoms with Crippen molar-refractivity contribution < 1.29 is 32.3 Å². The van der Waals surface area contributed by atoms with Gasteiger partial charge in [0.05, 0.1) is 6.04 Å². The van der Waals surface area contributed by atoms with Crippen molar-refractivity contribution in [3.63, 3.8) is 0 Å². The Morgan fingerprint density at radius 3 is 2.64 bits per heavy atom. The zero-order valence-corrected chi connectivity index (χ0v) is 13.4. The average Bonchev–Trinajstić information content (AvgIpc) is 2.88. The first-order chi connectivity index (χ1) is 11.6. The molecule has 2 heterocycles. The lowest BCUT2D eigenvalue weighted by Gasteiger charge is -2.30. The van der Waals surface area contributed by atoms with Gasteiger partial charge < -0.3 is 16.4 Å². The highest BCUT2D eigenvalue weighted by Crippen LogP contribution is 2.64. The van der Waals surface area contributed by atoms with Crippen molar-refractivity contribution in [3.05, 3.63) is 0 Å². The zero-order valence-electron chi connectivity index (χ0n) is 13.4. The number of piperidine rings is 1. The van der Waals surface area contributed by atoms with Gasteiger partial charge in [-0.15, -0.1) is 13.2 Å². The predicted molar refractivity (Wildman–Crippen MR) is 77.8 cm³/mol. The summed E-state index contributed by atoms with van der Waals surface area (Å²) in [6.45, 7) is -0.172. The fraction of sp³-hybridized carbons (Fsp3) is 0.800. The van der Waals surface area contributed by atoms with E-state index in [0.29, 0.717) is 25.9 Å². The molecule has 7 nitrogen and oxygen atoms in total. The number of rotatable bonds is 7. The van der Waals surface area contributed by atoms with Crippen molar-refractivity contribution in [2.75, 3.05) is 19.7 Å². The summed E-state index contributed by atoms with van der Waals surface area (Å²) in [5.74, 6) is -2.93. The molecule has 0 aromatic rings. The fourth-order valence-corrected chi connectivity index (χ4v) is 4.49. The third-order valence-corrected chi connectivity index (χ3v) is 5.69. The SMILES string of the molecule is NC(=O)C1NCC2CC21[C@@H](C[C@H]1CCNC1=O)C(=O)COC(F)(F)F. The van der Waals surface area contributed by atoms with Crippen LogP contribution in [-0.2, 0) is 19.1 Å². The van der Waals surface area contributed by atoms with E-state index in [2.05, 4.69) is 15.4 Å². The smallest absolute Gasteiger partial charge is 0.368 e. The van der Waals surface area contributed by atoms with Crippen molar-refractivity contribution in [2.45, 2.75) is 31.7 Å². The molecule has 2 aliphatic heterocycles. The van der Waals surface area contributed by atoms with Gasteiger partial charge in [0.15, 0.2) is 5.78 Å². The summed E-state index contributed by atoms with van der Waals surface area (Å²) < 4.78 is 40.6. The Morgan fingerprint density at radius 2 is 2.12 bits per heavy atom. The average molecular weight is 363 g/mol. The number of alkyl halides is 3. The van der Waals surface area contributed by atoms with Gasteiger partial charge in [-0.05, 0) is 31.7 Å². The lowest BCUT2D eigenvalue weighted by atomic mass is 9.74. The molecule has 2 amide bonds. The monoisotopic (exact) mass is 363 g/mol. The van der Waals surface area contributed by atoms with Gasteiger partial charge in [0.25, 0.3) is 0 Å². The molecular formula is C15H20F3N3O4. The molecule has 3 unspecified atom stereocenters. The summed E-state index contributed by atoms with van der Waals surface area (Å²) in [5, 5.41) is 5.60. The molecule has 0 spiro atoms. The molecule has 3 aliphatic rings. The van der Waals surface area contributed by atoms with E-state index in [1.165, 1.54) is 0 Å². The van der Waals surface area contributed by atoms with Gasteiger partial charge in [-0.2, -0.15) is 0 Å². The molecule has 0 aromatic heterocycles. The number of halogens is 3. The molecule has 10 heteroatoms. The maximum absolute atomic E-state index is 12.5. The van der Waals surface area contributed by atoms with Gasteiger partial charge >= 0.3 is 6.36 Å². The number of carbonyl (C=O) groups excluding carboxylic acids is 3. The van der Waals surface area contributed by atoms with E-state index in [1.807, 2.05) is 0 Å². The number of hydrogen-bond donors (Lipinski definition) is 3. The number of primary amides is 1. The molecule has 140 valence electrons. The molecular weight excluding hydrogens is 343 g/mol. The van der Waals surface area contributed by atoms with E-state index in [0.717, 1.165) is 0 Å². The topological polar surface area (TPSA) is 111 Å². The van der Waals surface area contributed by atoms with E-state index < -0.39 is 48.0 Å². The van der Waals surface area contributed by atoms with E-state index in [9.17, 15) is 27.6 Å². The minimum atomic E-state index is -4.91. The quantitative estimate of drug-likeness (QED) is 0.575. The molecule has 5 atom stereocenters. The third-order valence-electron chi connectivity index (χ3n) is 5.69. The summed E-state index contributed by atoms with van der Waals surface area (Å²) in [6.07, 6.45) is -3.76. The Hall–Kier alpha value is -1.68. The molecule has 2 saturated heterocycles. The normalized spacial score (nSPS) is 35.2. The number of ketones is 1. The number of hydrogen-bond acceptors (Lipinski definition) is 5. The van der Waals surface area contributed by atoms with Crippen molar-refractivity contribution in [1.29, 1.82) is 0 Å². The van der Waals surface area contributed by atoms with Gasteiger partial charge in [0.1, 0.15) is 6.61 Å². The van der Waals surface area contributed by atoms with Crippen LogP contribution in [-0.4, -0.2) is 49.7 Å². The van der Waals surface area contributed by atoms with E-state index in [-0.39, 0.29) is 18.2 Å². The number of fused-ring (bicyclic) bond motifs is 1. The number of amides is 2. The summed E-state index contributed by atoms with van der Waals surface area (Å²) in [6, 6.07) is -0.776. The van der Waals surface area contributed by atoms with Crippen LogP contribution >= 0.6 is 0 Å². The van der Waals surface area contributed by atoms with Crippen molar-refractivity contribution in [3.8, 4) is 0 Å². The van der Waals surface area contributed by atoms with E-state index in [1.54, 1.807) is 0 Å². The number of Topliss-reactive ketones (excluding diaryl/α,β-unsaturated/α-hetero) is 1. The number of nitrogens with one attached hydrogen (secondary N) is 2. The first-order valence-electron chi connectivity index (χ1n) is 8.19. The minimum Gasteiger partial charge on any atom is -0.368 e. The number of ether oxygens (including phenoxy) is 1. The van der Waals surface area contributed by atoms with Crippen LogP contribution in [0.1, 0.15) is 19.3 Å². The summed E-state index contributed by atoms with van der Waals surface area (Å²) in [5.41, 5.74) is 4.61. The molecule has 1 aliphatic carbocycles. The largest absolute Gasteiger partial charge is 0.522 e. The maximum atomic E-state index is 12.5. The van der Waals surface area contributed by atoms with Crippen LogP contribution in [0.5, 0.6) is 0 Å².